The Morgan fingerprint density at radius 1 is 0.851 bits per heavy atom. The van der Waals surface area contributed by atoms with Crippen molar-refractivity contribution in [2.75, 3.05) is 30.6 Å². The van der Waals surface area contributed by atoms with Gasteiger partial charge in [-0.2, -0.15) is 0 Å². The molecule has 4 aromatic carbocycles. The molecule has 0 saturated carbocycles. The van der Waals surface area contributed by atoms with Gasteiger partial charge in [0.1, 0.15) is 31.6 Å². The van der Waals surface area contributed by atoms with Gasteiger partial charge in [0.15, 0.2) is 11.5 Å². The first-order chi connectivity index (χ1) is 22.8. The number of fused-ring (bicyclic) bond motifs is 1. The van der Waals surface area contributed by atoms with Gasteiger partial charge in [0.05, 0.1) is 10.6 Å². The zero-order valence-electron chi connectivity index (χ0n) is 26.2. The summed E-state index contributed by atoms with van der Waals surface area (Å²) in [5, 5.41) is 2.97. The van der Waals surface area contributed by atoms with Crippen molar-refractivity contribution in [3.05, 3.63) is 120 Å². The average Bonchev–Trinajstić information content (AvgIpc) is 3.09. The zero-order valence-corrected chi connectivity index (χ0v) is 27.0. The van der Waals surface area contributed by atoms with E-state index in [-0.39, 0.29) is 41.8 Å². The van der Waals surface area contributed by atoms with Crippen LogP contribution in [-0.2, 0) is 32.6 Å². The molecule has 47 heavy (non-hydrogen) atoms. The summed E-state index contributed by atoms with van der Waals surface area (Å²) in [7, 11) is -4.40. The maximum Gasteiger partial charge on any atom is 0.264 e. The van der Waals surface area contributed by atoms with E-state index in [1.165, 1.54) is 35.2 Å². The van der Waals surface area contributed by atoms with Crippen molar-refractivity contribution in [1.29, 1.82) is 0 Å². The number of anilines is 1. The number of benzene rings is 4. The molecule has 0 bridgehead atoms. The molecular formula is C36H38FN3O6S. The molecule has 1 heterocycles. The fourth-order valence-electron chi connectivity index (χ4n) is 5.29. The number of hydrogen-bond acceptors (Lipinski definition) is 6. The maximum absolute atomic E-state index is 14.5. The third-order valence-corrected chi connectivity index (χ3v) is 9.56. The number of carbonyl (C=O) groups is 2. The molecule has 4 aromatic rings. The molecule has 0 aromatic heterocycles. The van der Waals surface area contributed by atoms with E-state index in [1.54, 1.807) is 0 Å². The van der Waals surface area contributed by atoms with Gasteiger partial charge < -0.3 is 19.7 Å². The average molecular weight is 660 g/mol. The maximum atomic E-state index is 14.5. The Morgan fingerprint density at radius 3 is 2.15 bits per heavy atom. The van der Waals surface area contributed by atoms with Gasteiger partial charge in [-0.25, -0.2) is 12.8 Å². The smallest absolute Gasteiger partial charge is 0.264 e. The van der Waals surface area contributed by atoms with Gasteiger partial charge in [-0.1, -0.05) is 74.0 Å². The van der Waals surface area contributed by atoms with Crippen LogP contribution in [0, 0.1) is 5.82 Å². The standard InChI is InChI=1S/C36H38FN3O6S/c1-2-3-20-38-36(42)32(23-27-10-6-4-7-11-27)39(25-28-12-8-5-9-13-28)35(41)26-40(30-16-14-29(37)15-17-30)47(43,44)31-18-19-33-34(24-31)46-22-21-45-33/h4-19,24,32H,2-3,20-23,25-26H2,1H3,(H,38,42)/t32-/m0/s1. The van der Waals surface area contributed by atoms with Crippen LogP contribution in [0.1, 0.15) is 30.9 Å². The molecule has 0 saturated heterocycles. The van der Waals surface area contributed by atoms with Crippen LogP contribution in [0.2, 0.25) is 0 Å². The molecule has 11 heteroatoms. The lowest BCUT2D eigenvalue weighted by Gasteiger charge is -2.34. The van der Waals surface area contributed by atoms with Crippen molar-refractivity contribution in [2.24, 2.45) is 0 Å². The molecule has 0 radical (unpaired) electrons. The first kappa shape index (κ1) is 33.5. The van der Waals surface area contributed by atoms with Crippen LogP contribution in [-0.4, -0.2) is 57.5 Å². The van der Waals surface area contributed by atoms with Gasteiger partial charge in [0.25, 0.3) is 10.0 Å². The molecule has 0 unspecified atom stereocenters. The number of nitrogens with zero attached hydrogens (tertiary/aromatic N) is 2. The minimum Gasteiger partial charge on any atom is -0.486 e. The second-order valence-corrected chi connectivity index (χ2v) is 13.0. The van der Waals surface area contributed by atoms with Gasteiger partial charge in [-0.15, -0.1) is 0 Å². The van der Waals surface area contributed by atoms with E-state index in [1.807, 2.05) is 67.6 Å². The molecule has 1 N–H and O–H groups in total. The van der Waals surface area contributed by atoms with Crippen LogP contribution in [0.25, 0.3) is 0 Å². The summed E-state index contributed by atoms with van der Waals surface area (Å²) >= 11 is 0. The number of carbonyl (C=O) groups excluding carboxylic acids is 2. The van der Waals surface area contributed by atoms with Gasteiger partial charge in [-0.3, -0.25) is 13.9 Å². The van der Waals surface area contributed by atoms with Crippen LogP contribution in [0.5, 0.6) is 11.5 Å². The minimum atomic E-state index is -4.40. The topological polar surface area (TPSA) is 105 Å². The van der Waals surface area contributed by atoms with Gasteiger partial charge in [0.2, 0.25) is 11.8 Å². The van der Waals surface area contributed by atoms with Gasteiger partial charge in [-0.05, 0) is 53.9 Å². The Kier molecular flexibility index (Phi) is 11.1. The van der Waals surface area contributed by atoms with Crippen molar-refractivity contribution in [2.45, 2.75) is 43.7 Å². The molecule has 5 rings (SSSR count). The summed E-state index contributed by atoms with van der Waals surface area (Å²) in [5.74, 6) is -0.832. The third-order valence-electron chi connectivity index (χ3n) is 7.79. The van der Waals surface area contributed by atoms with Gasteiger partial charge >= 0.3 is 0 Å². The Balaban J connectivity index is 1.55. The molecule has 246 valence electrons. The largest absolute Gasteiger partial charge is 0.486 e. The number of rotatable bonds is 14. The lowest BCUT2D eigenvalue weighted by Crippen LogP contribution is -2.53. The lowest BCUT2D eigenvalue weighted by molar-refractivity contribution is -0.140. The molecule has 1 aliphatic rings. The normalized spacial score (nSPS) is 13.0. The molecule has 1 aliphatic heterocycles. The molecule has 1 atom stereocenters. The Labute approximate surface area is 275 Å². The summed E-state index contributed by atoms with van der Waals surface area (Å²) < 4.78 is 54.7. The Bertz CT molecular complexity index is 1750. The number of ether oxygens (including phenoxy) is 2. The van der Waals surface area contributed by atoms with E-state index < -0.39 is 34.3 Å². The molecule has 9 nitrogen and oxygen atoms in total. The number of unbranched alkanes of at least 4 members (excludes halogenated alkanes) is 1. The van der Waals surface area contributed by atoms with E-state index in [0.29, 0.717) is 18.9 Å². The number of hydrogen-bond donors (Lipinski definition) is 1. The van der Waals surface area contributed by atoms with Crippen molar-refractivity contribution >= 4 is 27.5 Å². The highest BCUT2D eigenvalue weighted by Gasteiger charge is 2.35. The SMILES string of the molecule is CCCCNC(=O)[C@H](Cc1ccccc1)N(Cc1ccccc1)C(=O)CN(c1ccc(F)cc1)S(=O)(=O)c1ccc2c(c1)OCCO2. The summed E-state index contributed by atoms with van der Waals surface area (Å²) in [6.07, 6.45) is 1.85. The summed E-state index contributed by atoms with van der Waals surface area (Å²) in [5.41, 5.74) is 1.69. The van der Waals surface area contributed by atoms with E-state index >= 15 is 0 Å². The van der Waals surface area contributed by atoms with Crippen molar-refractivity contribution < 1.29 is 31.9 Å². The molecule has 0 spiro atoms. The highest BCUT2D eigenvalue weighted by atomic mass is 32.2. The monoisotopic (exact) mass is 659 g/mol. The molecule has 0 aliphatic carbocycles. The predicted molar refractivity (Wildman–Crippen MR) is 177 cm³/mol. The van der Waals surface area contributed by atoms with Crippen molar-refractivity contribution in [1.82, 2.24) is 10.2 Å². The summed E-state index contributed by atoms with van der Waals surface area (Å²) in [4.78, 5) is 29.6. The fraction of sp³-hybridized carbons (Fsp3) is 0.278. The van der Waals surface area contributed by atoms with Crippen LogP contribution in [0.4, 0.5) is 10.1 Å². The van der Waals surface area contributed by atoms with E-state index in [9.17, 15) is 22.4 Å². The lowest BCUT2D eigenvalue weighted by atomic mass is 10.0. The molecular weight excluding hydrogens is 621 g/mol. The van der Waals surface area contributed by atoms with Crippen LogP contribution >= 0.6 is 0 Å². The first-order valence-electron chi connectivity index (χ1n) is 15.6. The van der Waals surface area contributed by atoms with E-state index in [2.05, 4.69) is 5.32 Å². The summed E-state index contributed by atoms with van der Waals surface area (Å²) in [6, 6.07) is 26.7. The van der Waals surface area contributed by atoms with Crippen LogP contribution in [0.15, 0.2) is 108 Å². The van der Waals surface area contributed by atoms with Crippen LogP contribution < -0.4 is 19.1 Å². The summed E-state index contributed by atoms with van der Waals surface area (Å²) in [6.45, 7) is 2.46. The zero-order chi connectivity index (χ0) is 33.2. The highest BCUT2D eigenvalue weighted by molar-refractivity contribution is 7.92. The predicted octanol–water partition coefficient (Wildman–Crippen LogP) is 5.35. The molecule has 2 amide bonds. The number of sulfonamides is 1. The van der Waals surface area contributed by atoms with Crippen molar-refractivity contribution in [3.63, 3.8) is 0 Å². The number of halogens is 1. The van der Waals surface area contributed by atoms with Crippen LogP contribution in [0.3, 0.4) is 0 Å². The minimum absolute atomic E-state index is 0.0553. The number of amides is 2. The highest BCUT2D eigenvalue weighted by Crippen LogP contribution is 2.34. The molecule has 0 fully saturated rings. The van der Waals surface area contributed by atoms with Crippen molar-refractivity contribution in [3.8, 4) is 11.5 Å². The van der Waals surface area contributed by atoms with E-state index in [4.69, 9.17) is 9.47 Å². The first-order valence-corrected chi connectivity index (χ1v) is 17.0. The van der Waals surface area contributed by atoms with E-state index in [0.717, 1.165) is 40.4 Å². The Morgan fingerprint density at radius 2 is 1.49 bits per heavy atom. The Hall–Kier alpha value is -4.90. The second-order valence-electron chi connectivity index (χ2n) is 11.2. The third kappa shape index (κ3) is 8.48. The second kappa shape index (κ2) is 15.6. The quantitative estimate of drug-likeness (QED) is 0.183. The van der Waals surface area contributed by atoms with Gasteiger partial charge in [0, 0.05) is 25.6 Å². The fourth-order valence-corrected chi connectivity index (χ4v) is 6.72. The number of nitrogens with one attached hydrogen (secondary N) is 1.